The van der Waals surface area contributed by atoms with Crippen LogP contribution in [0.15, 0.2) is 23.8 Å². The summed E-state index contributed by atoms with van der Waals surface area (Å²) in [4.78, 5) is 14.8. The molecule has 1 aromatic rings. The first-order chi connectivity index (χ1) is 9.98. The SMILES string of the molecule is C/C=C1\CN2C(=O)c3cc(OC)c(O)cc3NC[C@]2(C)C1. The average Bonchev–Trinajstić information content (AvgIpc) is 2.78. The number of carbonyl (C=O) groups excluding carboxylic acids is 1. The van der Waals surface area contributed by atoms with E-state index >= 15 is 0 Å². The van der Waals surface area contributed by atoms with Crippen LogP contribution in [0.4, 0.5) is 5.69 Å². The molecule has 1 amide bonds. The minimum Gasteiger partial charge on any atom is -0.504 e. The zero-order valence-corrected chi connectivity index (χ0v) is 12.6. The summed E-state index contributed by atoms with van der Waals surface area (Å²) in [6.45, 7) is 5.43. The Labute approximate surface area is 124 Å². The lowest BCUT2D eigenvalue weighted by atomic mass is 9.97. The van der Waals surface area contributed by atoms with E-state index in [0.717, 1.165) is 6.42 Å². The van der Waals surface area contributed by atoms with Crippen molar-refractivity contribution in [3.8, 4) is 11.5 Å². The van der Waals surface area contributed by atoms with Crippen molar-refractivity contribution in [3.63, 3.8) is 0 Å². The van der Waals surface area contributed by atoms with Crippen molar-refractivity contribution < 1.29 is 14.6 Å². The van der Waals surface area contributed by atoms with Gasteiger partial charge in [0, 0.05) is 19.2 Å². The predicted molar refractivity (Wildman–Crippen MR) is 81.0 cm³/mol. The number of nitrogens with zero attached hydrogens (tertiary/aromatic N) is 1. The van der Waals surface area contributed by atoms with Crippen LogP contribution in [-0.4, -0.2) is 41.7 Å². The van der Waals surface area contributed by atoms with Gasteiger partial charge in [-0.2, -0.15) is 0 Å². The summed E-state index contributed by atoms with van der Waals surface area (Å²) in [5, 5.41) is 13.2. The standard InChI is InChI=1S/C16H20N2O3/c1-4-10-7-16(2)9-17-12-6-13(19)14(21-3)5-11(12)15(20)18(16)8-10/h4-6,17,19H,7-9H2,1-3H3/b10-4-/t16-/m0/s1. The highest BCUT2D eigenvalue weighted by Gasteiger charge is 2.44. The second-order valence-corrected chi connectivity index (χ2v) is 5.94. The molecule has 5 nitrogen and oxygen atoms in total. The molecular formula is C16H20N2O3. The highest BCUT2D eigenvalue weighted by atomic mass is 16.5. The van der Waals surface area contributed by atoms with Gasteiger partial charge in [-0.25, -0.2) is 0 Å². The molecule has 0 saturated carbocycles. The average molecular weight is 288 g/mol. The molecule has 2 N–H and O–H groups in total. The van der Waals surface area contributed by atoms with E-state index in [1.807, 2.05) is 11.8 Å². The van der Waals surface area contributed by atoms with Gasteiger partial charge in [-0.15, -0.1) is 0 Å². The lowest BCUT2D eigenvalue weighted by Gasteiger charge is -2.32. The van der Waals surface area contributed by atoms with Crippen LogP contribution in [-0.2, 0) is 0 Å². The Morgan fingerprint density at radius 2 is 2.24 bits per heavy atom. The number of methoxy groups -OCH3 is 1. The maximum absolute atomic E-state index is 12.9. The molecule has 1 fully saturated rings. The fourth-order valence-electron chi connectivity index (χ4n) is 3.19. The number of fused-ring (bicyclic) bond motifs is 2. The van der Waals surface area contributed by atoms with E-state index in [4.69, 9.17) is 4.74 Å². The third-order valence-electron chi connectivity index (χ3n) is 4.48. The van der Waals surface area contributed by atoms with Crippen molar-refractivity contribution >= 4 is 11.6 Å². The normalized spacial score (nSPS) is 26.1. The number of rotatable bonds is 1. The Hall–Kier alpha value is -2.17. The maximum Gasteiger partial charge on any atom is 0.256 e. The number of anilines is 1. The number of hydrogen-bond donors (Lipinski definition) is 2. The molecule has 2 aliphatic heterocycles. The van der Waals surface area contributed by atoms with E-state index in [1.165, 1.54) is 12.7 Å². The van der Waals surface area contributed by atoms with Gasteiger partial charge in [0.25, 0.3) is 5.91 Å². The fraction of sp³-hybridized carbons (Fsp3) is 0.438. The highest BCUT2D eigenvalue weighted by Crippen LogP contribution is 2.40. The topological polar surface area (TPSA) is 61.8 Å². The number of benzene rings is 1. The van der Waals surface area contributed by atoms with Gasteiger partial charge in [0.15, 0.2) is 11.5 Å². The summed E-state index contributed by atoms with van der Waals surface area (Å²) in [6.07, 6.45) is 2.96. The van der Waals surface area contributed by atoms with E-state index < -0.39 is 0 Å². The first kappa shape index (κ1) is 13.8. The molecule has 1 aromatic carbocycles. The quantitative estimate of drug-likeness (QED) is 0.779. The monoisotopic (exact) mass is 288 g/mol. The number of phenolic OH excluding ortho intramolecular Hbond substituents is 1. The van der Waals surface area contributed by atoms with Crippen molar-refractivity contribution in [2.75, 3.05) is 25.5 Å². The van der Waals surface area contributed by atoms with E-state index in [2.05, 4.69) is 18.3 Å². The van der Waals surface area contributed by atoms with E-state index in [9.17, 15) is 9.90 Å². The van der Waals surface area contributed by atoms with Crippen LogP contribution in [0.25, 0.3) is 0 Å². The van der Waals surface area contributed by atoms with Crippen LogP contribution in [0.1, 0.15) is 30.6 Å². The van der Waals surface area contributed by atoms with Gasteiger partial charge in [0.1, 0.15) is 0 Å². The highest BCUT2D eigenvalue weighted by molar-refractivity contribution is 6.02. The number of allylic oxidation sites excluding steroid dienone is 1. The Morgan fingerprint density at radius 1 is 1.48 bits per heavy atom. The van der Waals surface area contributed by atoms with Gasteiger partial charge in [-0.3, -0.25) is 4.79 Å². The van der Waals surface area contributed by atoms with Gasteiger partial charge in [-0.05, 0) is 26.3 Å². The Morgan fingerprint density at radius 3 is 2.90 bits per heavy atom. The summed E-state index contributed by atoms with van der Waals surface area (Å²) in [5.74, 6) is 0.337. The molecule has 21 heavy (non-hydrogen) atoms. The largest absolute Gasteiger partial charge is 0.504 e. The van der Waals surface area contributed by atoms with Crippen molar-refractivity contribution in [1.29, 1.82) is 0 Å². The molecule has 3 rings (SSSR count). The predicted octanol–water partition coefficient (Wildman–Crippen LogP) is 2.38. The zero-order chi connectivity index (χ0) is 15.2. The second-order valence-electron chi connectivity index (χ2n) is 5.94. The van der Waals surface area contributed by atoms with E-state index in [-0.39, 0.29) is 17.2 Å². The number of ether oxygens (including phenoxy) is 1. The molecule has 0 aromatic heterocycles. The van der Waals surface area contributed by atoms with Crippen molar-refractivity contribution in [1.82, 2.24) is 4.90 Å². The Bertz CT molecular complexity index is 639. The van der Waals surface area contributed by atoms with Gasteiger partial charge in [0.05, 0.1) is 23.9 Å². The number of phenols is 1. The first-order valence-corrected chi connectivity index (χ1v) is 7.09. The molecule has 1 atom stereocenters. The lowest BCUT2D eigenvalue weighted by molar-refractivity contribution is 0.0654. The molecule has 0 radical (unpaired) electrons. The lowest BCUT2D eigenvalue weighted by Crippen LogP contribution is -2.47. The second kappa shape index (κ2) is 4.69. The fourth-order valence-corrected chi connectivity index (χ4v) is 3.19. The first-order valence-electron chi connectivity index (χ1n) is 7.09. The number of nitrogens with one attached hydrogen (secondary N) is 1. The summed E-state index contributed by atoms with van der Waals surface area (Å²) in [6, 6.07) is 3.17. The molecular weight excluding hydrogens is 268 g/mol. The number of aromatic hydroxyl groups is 1. The maximum atomic E-state index is 12.9. The third-order valence-corrected chi connectivity index (χ3v) is 4.48. The Balaban J connectivity index is 2.08. The smallest absolute Gasteiger partial charge is 0.256 e. The molecule has 0 unspecified atom stereocenters. The van der Waals surface area contributed by atoms with Crippen LogP contribution in [0.2, 0.25) is 0 Å². The number of carbonyl (C=O) groups is 1. The van der Waals surface area contributed by atoms with Gasteiger partial charge >= 0.3 is 0 Å². The van der Waals surface area contributed by atoms with Crippen molar-refractivity contribution in [2.24, 2.45) is 0 Å². The van der Waals surface area contributed by atoms with Crippen LogP contribution in [0.5, 0.6) is 11.5 Å². The molecule has 1 saturated heterocycles. The summed E-state index contributed by atoms with van der Waals surface area (Å²) in [7, 11) is 1.48. The molecule has 112 valence electrons. The van der Waals surface area contributed by atoms with Crippen LogP contribution < -0.4 is 10.1 Å². The van der Waals surface area contributed by atoms with Crippen LogP contribution in [0.3, 0.4) is 0 Å². The van der Waals surface area contributed by atoms with Gasteiger partial charge < -0.3 is 20.1 Å². The summed E-state index contributed by atoms with van der Waals surface area (Å²) in [5.41, 5.74) is 2.25. The third kappa shape index (κ3) is 2.04. The van der Waals surface area contributed by atoms with Crippen LogP contribution in [0, 0.1) is 0 Å². The minimum atomic E-state index is -0.235. The van der Waals surface area contributed by atoms with Crippen LogP contribution >= 0.6 is 0 Å². The minimum absolute atomic E-state index is 0.0207. The zero-order valence-electron chi connectivity index (χ0n) is 12.6. The van der Waals surface area contributed by atoms with Gasteiger partial charge in [0.2, 0.25) is 0 Å². The number of hydrogen-bond acceptors (Lipinski definition) is 4. The summed E-state index contributed by atoms with van der Waals surface area (Å²) < 4.78 is 5.12. The molecule has 0 bridgehead atoms. The van der Waals surface area contributed by atoms with E-state index in [0.29, 0.717) is 30.1 Å². The van der Waals surface area contributed by atoms with E-state index in [1.54, 1.807) is 12.1 Å². The van der Waals surface area contributed by atoms with Crippen molar-refractivity contribution in [3.05, 3.63) is 29.3 Å². The molecule has 2 heterocycles. The summed E-state index contributed by atoms with van der Waals surface area (Å²) >= 11 is 0. The number of amides is 1. The molecule has 5 heteroatoms. The van der Waals surface area contributed by atoms with Gasteiger partial charge in [-0.1, -0.05) is 11.6 Å². The van der Waals surface area contributed by atoms with Crippen molar-refractivity contribution in [2.45, 2.75) is 25.8 Å². The molecule has 2 aliphatic rings. The molecule has 0 spiro atoms. The Kier molecular flexibility index (Phi) is 3.08. The molecule has 0 aliphatic carbocycles.